The lowest BCUT2D eigenvalue weighted by Crippen LogP contribution is -2.45. The molecule has 1 N–H and O–H groups in total. The number of rotatable bonds is 3. The molecule has 7 heteroatoms. The molecule has 2 aromatic rings. The maximum atomic E-state index is 13.2. The van der Waals surface area contributed by atoms with Crippen molar-refractivity contribution in [1.29, 1.82) is 0 Å². The predicted octanol–water partition coefficient (Wildman–Crippen LogP) is 5.35. The van der Waals surface area contributed by atoms with Crippen LogP contribution in [0.3, 0.4) is 0 Å². The van der Waals surface area contributed by atoms with Gasteiger partial charge in [0.05, 0.1) is 11.0 Å². The van der Waals surface area contributed by atoms with E-state index in [2.05, 4.69) is 5.32 Å². The Kier molecular flexibility index (Phi) is 5.49. The van der Waals surface area contributed by atoms with Crippen LogP contribution in [0, 0.1) is 6.92 Å². The molecule has 0 aromatic heterocycles. The number of benzene rings is 2. The summed E-state index contributed by atoms with van der Waals surface area (Å²) in [4.78, 5) is 13.2. The van der Waals surface area contributed by atoms with E-state index in [4.69, 9.17) is 16.3 Å². The van der Waals surface area contributed by atoms with Gasteiger partial charge in [-0.25, -0.2) is 0 Å². The molecule has 3 nitrogen and oxygen atoms in total. The van der Waals surface area contributed by atoms with Crippen molar-refractivity contribution in [1.82, 2.24) is 0 Å². The van der Waals surface area contributed by atoms with E-state index in [0.717, 1.165) is 17.7 Å². The second-order valence-corrected chi connectivity index (χ2v) is 7.12. The Balaban J connectivity index is 2.00. The highest BCUT2D eigenvalue weighted by Crippen LogP contribution is 2.39. The molecule has 0 atom stereocenters. The molecular formula is C20H19ClF3NO2. The fourth-order valence-corrected chi connectivity index (χ4v) is 3.50. The zero-order valence-electron chi connectivity index (χ0n) is 14.7. The van der Waals surface area contributed by atoms with Crippen molar-refractivity contribution in [2.75, 3.05) is 18.5 Å². The molecule has 0 aliphatic carbocycles. The molecule has 1 heterocycles. The number of carbonyl (C=O) groups excluding carboxylic acids is 1. The molecule has 1 fully saturated rings. The first-order valence-electron chi connectivity index (χ1n) is 8.55. The third-order valence-corrected chi connectivity index (χ3v) is 5.21. The SMILES string of the molecule is Cc1ccc(Cl)cc1NC(=O)C1(c2cccc(C(F)(F)F)c2)CCOCC1. The van der Waals surface area contributed by atoms with Gasteiger partial charge in [-0.1, -0.05) is 35.9 Å². The second-order valence-electron chi connectivity index (χ2n) is 6.69. The van der Waals surface area contributed by atoms with E-state index in [0.29, 0.717) is 42.3 Å². The van der Waals surface area contributed by atoms with Crippen LogP contribution in [0.5, 0.6) is 0 Å². The molecular weight excluding hydrogens is 379 g/mol. The maximum absolute atomic E-state index is 13.2. The first-order chi connectivity index (χ1) is 12.7. The summed E-state index contributed by atoms with van der Waals surface area (Å²) < 4.78 is 44.9. The number of anilines is 1. The fraction of sp³-hybridized carbons (Fsp3) is 0.350. The van der Waals surface area contributed by atoms with Crippen LogP contribution in [0.25, 0.3) is 0 Å². The highest BCUT2D eigenvalue weighted by molar-refractivity contribution is 6.31. The minimum absolute atomic E-state index is 0.304. The molecule has 144 valence electrons. The van der Waals surface area contributed by atoms with Gasteiger partial charge in [-0.3, -0.25) is 4.79 Å². The number of alkyl halides is 3. The van der Waals surface area contributed by atoms with Gasteiger partial charge in [0.15, 0.2) is 0 Å². The van der Waals surface area contributed by atoms with Crippen molar-refractivity contribution >= 4 is 23.2 Å². The Morgan fingerprint density at radius 3 is 2.52 bits per heavy atom. The zero-order valence-corrected chi connectivity index (χ0v) is 15.5. The van der Waals surface area contributed by atoms with Crippen LogP contribution >= 0.6 is 11.6 Å². The van der Waals surface area contributed by atoms with Gasteiger partial charge in [0.25, 0.3) is 0 Å². The third kappa shape index (κ3) is 4.12. The minimum Gasteiger partial charge on any atom is -0.381 e. The van der Waals surface area contributed by atoms with E-state index < -0.39 is 17.2 Å². The van der Waals surface area contributed by atoms with Gasteiger partial charge in [-0.05, 0) is 49.1 Å². The lowest BCUT2D eigenvalue weighted by Gasteiger charge is -2.36. The molecule has 1 aliphatic heterocycles. The summed E-state index contributed by atoms with van der Waals surface area (Å²) in [6, 6.07) is 10.1. The van der Waals surface area contributed by atoms with Crippen LogP contribution in [-0.2, 0) is 21.1 Å². The van der Waals surface area contributed by atoms with Gasteiger partial charge in [0.2, 0.25) is 5.91 Å². The number of nitrogens with one attached hydrogen (secondary N) is 1. The number of halogens is 4. The Bertz CT molecular complexity index is 845. The van der Waals surface area contributed by atoms with Crippen molar-refractivity contribution in [2.24, 2.45) is 0 Å². The molecule has 0 radical (unpaired) electrons. The first kappa shape index (κ1) is 19.7. The summed E-state index contributed by atoms with van der Waals surface area (Å²) in [7, 11) is 0. The Labute approximate surface area is 160 Å². The average molecular weight is 398 g/mol. The van der Waals surface area contributed by atoms with Crippen LogP contribution < -0.4 is 5.32 Å². The molecule has 0 unspecified atom stereocenters. The number of hydrogen-bond acceptors (Lipinski definition) is 2. The molecule has 2 aromatic carbocycles. The average Bonchev–Trinajstić information content (AvgIpc) is 2.64. The monoisotopic (exact) mass is 397 g/mol. The van der Waals surface area contributed by atoms with Crippen LogP contribution in [-0.4, -0.2) is 19.1 Å². The van der Waals surface area contributed by atoms with Gasteiger partial charge in [-0.2, -0.15) is 13.2 Å². The van der Waals surface area contributed by atoms with Crippen molar-refractivity contribution in [3.05, 3.63) is 64.2 Å². The lowest BCUT2D eigenvalue weighted by atomic mass is 9.73. The van der Waals surface area contributed by atoms with E-state index in [1.807, 2.05) is 6.92 Å². The molecule has 27 heavy (non-hydrogen) atoms. The predicted molar refractivity (Wildman–Crippen MR) is 98.0 cm³/mol. The van der Waals surface area contributed by atoms with E-state index in [9.17, 15) is 18.0 Å². The summed E-state index contributed by atoms with van der Waals surface area (Å²) in [5.41, 5.74) is -0.145. The van der Waals surface area contributed by atoms with Gasteiger partial charge >= 0.3 is 6.18 Å². The van der Waals surface area contributed by atoms with Crippen molar-refractivity contribution in [3.8, 4) is 0 Å². The molecule has 0 bridgehead atoms. The van der Waals surface area contributed by atoms with E-state index in [1.165, 1.54) is 6.07 Å². The molecule has 1 amide bonds. The second kappa shape index (κ2) is 7.52. The highest BCUT2D eigenvalue weighted by Gasteiger charge is 2.43. The van der Waals surface area contributed by atoms with Crippen molar-refractivity contribution < 1.29 is 22.7 Å². The van der Waals surface area contributed by atoms with E-state index >= 15 is 0 Å². The minimum atomic E-state index is -4.47. The topological polar surface area (TPSA) is 38.3 Å². The third-order valence-electron chi connectivity index (χ3n) is 4.97. The number of hydrogen-bond donors (Lipinski definition) is 1. The number of carbonyl (C=O) groups is 1. The normalized spacial score (nSPS) is 16.8. The van der Waals surface area contributed by atoms with Crippen LogP contribution in [0.4, 0.5) is 18.9 Å². The summed E-state index contributed by atoms with van der Waals surface area (Å²) in [5.74, 6) is -0.351. The van der Waals surface area contributed by atoms with Gasteiger partial charge in [0, 0.05) is 23.9 Å². The molecule has 3 rings (SSSR count). The fourth-order valence-electron chi connectivity index (χ4n) is 3.33. The van der Waals surface area contributed by atoms with Crippen LogP contribution in [0.2, 0.25) is 5.02 Å². The number of ether oxygens (including phenoxy) is 1. The van der Waals surface area contributed by atoms with Gasteiger partial charge < -0.3 is 10.1 Å². The van der Waals surface area contributed by atoms with E-state index in [1.54, 1.807) is 24.3 Å². The summed E-state index contributed by atoms with van der Waals surface area (Å²) in [6.45, 7) is 2.43. The molecule has 1 aliphatic rings. The van der Waals surface area contributed by atoms with Crippen LogP contribution in [0.1, 0.15) is 29.5 Å². The largest absolute Gasteiger partial charge is 0.416 e. The van der Waals surface area contributed by atoms with Gasteiger partial charge in [0.1, 0.15) is 0 Å². The smallest absolute Gasteiger partial charge is 0.381 e. The lowest BCUT2D eigenvalue weighted by molar-refractivity contribution is -0.138. The Morgan fingerprint density at radius 2 is 1.85 bits per heavy atom. The zero-order chi connectivity index (χ0) is 19.7. The number of aryl methyl sites for hydroxylation is 1. The quantitative estimate of drug-likeness (QED) is 0.757. The van der Waals surface area contributed by atoms with Crippen LogP contribution in [0.15, 0.2) is 42.5 Å². The first-order valence-corrected chi connectivity index (χ1v) is 8.93. The van der Waals surface area contributed by atoms with Gasteiger partial charge in [-0.15, -0.1) is 0 Å². The molecule has 1 saturated heterocycles. The van der Waals surface area contributed by atoms with Crippen molar-refractivity contribution in [2.45, 2.75) is 31.4 Å². The van der Waals surface area contributed by atoms with E-state index in [-0.39, 0.29) is 5.91 Å². The van der Waals surface area contributed by atoms with Crippen molar-refractivity contribution in [3.63, 3.8) is 0 Å². The Morgan fingerprint density at radius 1 is 1.15 bits per heavy atom. The summed E-state index contributed by atoms with van der Waals surface area (Å²) in [5, 5.41) is 3.33. The summed E-state index contributed by atoms with van der Waals surface area (Å²) in [6.07, 6.45) is -3.86. The number of amides is 1. The molecule has 0 saturated carbocycles. The molecule has 0 spiro atoms. The Hall–Kier alpha value is -2.05. The maximum Gasteiger partial charge on any atom is 0.416 e. The summed E-state index contributed by atoms with van der Waals surface area (Å²) >= 11 is 6.01. The highest BCUT2D eigenvalue weighted by atomic mass is 35.5. The standard InChI is InChI=1S/C20H19ClF3NO2/c1-13-5-6-16(21)12-17(13)25-18(26)19(7-9-27-10-8-19)14-3-2-4-15(11-14)20(22,23)24/h2-6,11-12H,7-10H2,1H3,(H,25,26).